The Hall–Kier alpha value is -0.120. The second-order valence-corrected chi connectivity index (χ2v) is 5.45. The topological polar surface area (TPSA) is 38.5 Å². The molecule has 0 aromatic carbocycles. The molecule has 0 aliphatic rings. The molecule has 0 rings (SSSR count). The molecule has 0 fully saturated rings. The lowest BCUT2D eigenvalue weighted by Crippen LogP contribution is -2.47. The van der Waals surface area contributed by atoms with Crippen molar-refractivity contribution in [3.63, 3.8) is 0 Å². The van der Waals surface area contributed by atoms with Gasteiger partial charge in [0, 0.05) is 32.8 Å². The molecule has 0 aromatic rings. The third kappa shape index (κ3) is 7.02. The van der Waals surface area contributed by atoms with Crippen LogP contribution in [0.3, 0.4) is 0 Å². The van der Waals surface area contributed by atoms with E-state index in [0.29, 0.717) is 17.9 Å². The maximum Gasteiger partial charge on any atom is 0.0589 e. The molecule has 3 nitrogen and oxygen atoms in total. The zero-order valence-corrected chi connectivity index (χ0v) is 12.4. The molecule has 0 aliphatic heterocycles. The van der Waals surface area contributed by atoms with Gasteiger partial charge in [-0.15, -0.1) is 0 Å². The van der Waals surface area contributed by atoms with Crippen molar-refractivity contribution in [2.75, 3.05) is 33.4 Å². The zero-order valence-electron chi connectivity index (χ0n) is 12.4. The number of nitrogens with zero attached hydrogens (tertiary/aromatic N) is 1. The Labute approximate surface area is 108 Å². The highest BCUT2D eigenvalue weighted by atomic mass is 16.5. The van der Waals surface area contributed by atoms with E-state index in [9.17, 15) is 0 Å². The molecule has 0 saturated heterocycles. The third-order valence-electron chi connectivity index (χ3n) is 3.29. The fourth-order valence-electron chi connectivity index (χ4n) is 2.46. The van der Waals surface area contributed by atoms with Gasteiger partial charge in [-0.25, -0.2) is 0 Å². The van der Waals surface area contributed by atoms with Gasteiger partial charge in [0.2, 0.25) is 0 Å². The molecule has 0 spiro atoms. The first-order valence-electron chi connectivity index (χ1n) is 6.99. The van der Waals surface area contributed by atoms with E-state index in [-0.39, 0.29) is 0 Å². The second-order valence-electron chi connectivity index (χ2n) is 5.45. The van der Waals surface area contributed by atoms with Crippen LogP contribution < -0.4 is 5.73 Å². The van der Waals surface area contributed by atoms with Crippen molar-refractivity contribution in [1.29, 1.82) is 0 Å². The van der Waals surface area contributed by atoms with E-state index in [1.54, 1.807) is 7.11 Å². The van der Waals surface area contributed by atoms with E-state index in [4.69, 9.17) is 10.5 Å². The molecule has 0 aliphatic carbocycles. The summed E-state index contributed by atoms with van der Waals surface area (Å²) >= 11 is 0. The molecular weight excluding hydrogens is 212 g/mol. The lowest BCUT2D eigenvalue weighted by molar-refractivity contribution is 0.0877. The number of ether oxygens (including phenoxy) is 1. The van der Waals surface area contributed by atoms with Gasteiger partial charge in [0.25, 0.3) is 0 Å². The molecule has 3 heteroatoms. The van der Waals surface area contributed by atoms with Crippen LogP contribution in [-0.2, 0) is 4.74 Å². The second kappa shape index (κ2) is 9.86. The molecule has 104 valence electrons. The Balaban J connectivity index is 4.46. The van der Waals surface area contributed by atoms with Gasteiger partial charge >= 0.3 is 0 Å². The molecule has 0 heterocycles. The third-order valence-corrected chi connectivity index (χ3v) is 3.29. The lowest BCUT2D eigenvalue weighted by atomic mass is 9.94. The van der Waals surface area contributed by atoms with Gasteiger partial charge in [0.05, 0.1) is 6.61 Å². The molecule has 2 atom stereocenters. The van der Waals surface area contributed by atoms with E-state index in [1.807, 2.05) is 0 Å². The maximum atomic E-state index is 5.97. The normalized spacial score (nSPS) is 15.5. The molecule has 0 aromatic heterocycles. The quantitative estimate of drug-likeness (QED) is 0.641. The minimum absolute atomic E-state index is 0.493. The molecule has 2 unspecified atom stereocenters. The largest absolute Gasteiger partial charge is 0.383 e. The number of rotatable bonds is 10. The molecule has 2 N–H and O–H groups in total. The minimum Gasteiger partial charge on any atom is -0.383 e. The Bertz CT molecular complexity index is 174. The average molecular weight is 244 g/mol. The number of nitrogens with two attached hydrogens (primary N) is 1. The number of methoxy groups -OCH3 is 1. The van der Waals surface area contributed by atoms with Gasteiger partial charge in [-0.2, -0.15) is 0 Å². The van der Waals surface area contributed by atoms with Crippen LogP contribution in [0.1, 0.15) is 40.5 Å². The van der Waals surface area contributed by atoms with Gasteiger partial charge in [-0.1, -0.05) is 34.1 Å². The Morgan fingerprint density at radius 1 is 1.24 bits per heavy atom. The Kier molecular flexibility index (Phi) is 9.79. The SMILES string of the molecule is CCCC(C)C(CN)N(CCOC)CC(C)C. The summed E-state index contributed by atoms with van der Waals surface area (Å²) in [5.41, 5.74) is 5.97. The van der Waals surface area contributed by atoms with E-state index in [2.05, 4.69) is 32.6 Å². The van der Waals surface area contributed by atoms with Crippen LogP contribution in [0.15, 0.2) is 0 Å². The van der Waals surface area contributed by atoms with E-state index < -0.39 is 0 Å². The summed E-state index contributed by atoms with van der Waals surface area (Å²) in [6, 6.07) is 0.493. The summed E-state index contributed by atoms with van der Waals surface area (Å²) in [5, 5.41) is 0. The summed E-state index contributed by atoms with van der Waals surface area (Å²) in [5.74, 6) is 1.34. The Morgan fingerprint density at radius 2 is 1.88 bits per heavy atom. The zero-order chi connectivity index (χ0) is 13.3. The lowest BCUT2D eigenvalue weighted by Gasteiger charge is -2.36. The molecule has 0 radical (unpaired) electrons. The van der Waals surface area contributed by atoms with Crippen molar-refractivity contribution in [2.45, 2.75) is 46.6 Å². The van der Waals surface area contributed by atoms with Crippen molar-refractivity contribution in [3.05, 3.63) is 0 Å². The predicted molar refractivity (Wildman–Crippen MR) is 75.2 cm³/mol. The van der Waals surface area contributed by atoms with Crippen LogP contribution in [0.25, 0.3) is 0 Å². The molecule has 0 bridgehead atoms. The van der Waals surface area contributed by atoms with Crippen molar-refractivity contribution in [2.24, 2.45) is 17.6 Å². The van der Waals surface area contributed by atoms with Crippen LogP contribution in [0.4, 0.5) is 0 Å². The number of hydrogen-bond acceptors (Lipinski definition) is 3. The van der Waals surface area contributed by atoms with Gasteiger partial charge < -0.3 is 10.5 Å². The van der Waals surface area contributed by atoms with Crippen molar-refractivity contribution in [1.82, 2.24) is 4.90 Å². The summed E-state index contributed by atoms with van der Waals surface area (Å²) in [4.78, 5) is 2.51. The molecule has 0 amide bonds. The van der Waals surface area contributed by atoms with E-state index >= 15 is 0 Å². The Morgan fingerprint density at radius 3 is 2.29 bits per heavy atom. The first-order valence-corrected chi connectivity index (χ1v) is 6.99. The summed E-state index contributed by atoms with van der Waals surface area (Å²) < 4.78 is 5.21. The molecule has 17 heavy (non-hydrogen) atoms. The van der Waals surface area contributed by atoms with Crippen LogP contribution in [0.5, 0.6) is 0 Å². The predicted octanol–water partition coefficient (Wildman–Crippen LogP) is 2.35. The van der Waals surface area contributed by atoms with Crippen LogP contribution in [0, 0.1) is 11.8 Å². The highest BCUT2D eigenvalue weighted by Gasteiger charge is 2.22. The van der Waals surface area contributed by atoms with E-state index in [0.717, 1.165) is 26.2 Å². The standard InChI is InChI=1S/C14H32N2O/c1-6-7-13(4)14(10-15)16(8-9-17-5)11-12(2)3/h12-14H,6-11,15H2,1-5H3. The highest BCUT2D eigenvalue weighted by Crippen LogP contribution is 2.17. The van der Waals surface area contributed by atoms with Gasteiger partial charge in [0.1, 0.15) is 0 Å². The fourth-order valence-corrected chi connectivity index (χ4v) is 2.46. The highest BCUT2D eigenvalue weighted by molar-refractivity contribution is 4.78. The van der Waals surface area contributed by atoms with E-state index in [1.165, 1.54) is 12.8 Å². The van der Waals surface area contributed by atoms with Crippen molar-refractivity contribution >= 4 is 0 Å². The van der Waals surface area contributed by atoms with Crippen LogP contribution in [0.2, 0.25) is 0 Å². The van der Waals surface area contributed by atoms with Gasteiger partial charge in [-0.3, -0.25) is 4.90 Å². The molecular formula is C14H32N2O. The minimum atomic E-state index is 0.493. The smallest absolute Gasteiger partial charge is 0.0589 e. The van der Waals surface area contributed by atoms with Crippen LogP contribution in [-0.4, -0.2) is 44.3 Å². The van der Waals surface area contributed by atoms with Crippen molar-refractivity contribution in [3.8, 4) is 0 Å². The average Bonchev–Trinajstić information content (AvgIpc) is 2.26. The number of hydrogen-bond donors (Lipinski definition) is 1. The summed E-state index contributed by atoms with van der Waals surface area (Å²) in [6.07, 6.45) is 2.49. The summed E-state index contributed by atoms with van der Waals surface area (Å²) in [7, 11) is 1.76. The van der Waals surface area contributed by atoms with Crippen LogP contribution >= 0.6 is 0 Å². The van der Waals surface area contributed by atoms with Crippen molar-refractivity contribution < 1.29 is 4.74 Å². The van der Waals surface area contributed by atoms with Gasteiger partial charge in [-0.05, 0) is 18.3 Å². The van der Waals surface area contributed by atoms with Gasteiger partial charge in [0.15, 0.2) is 0 Å². The fraction of sp³-hybridized carbons (Fsp3) is 1.00. The molecule has 0 saturated carbocycles. The first kappa shape index (κ1) is 16.9. The first-order chi connectivity index (χ1) is 8.06. The summed E-state index contributed by atoms with van der Waals surface area (Å²) in [6.45, 7) is 12.7. The monoisotopic (exact) mass is 244 g/mol. The maximum absolute atomic E-state index is 5.97.